The number of esters is 1. The number of ether oxygens (including phenoxy) is 2. The van der Waals surface area contributed by atoms with Crippen LogP contribution in [0.25, 0.3) is 6.08 Å². The van der Waals surface area contributed by atoms with E-state index < -0.39 is 16.7 Å². The zero-order valence-electron chi connectivity index (χ0n) is 13.6. The molecule has 1 aromatic rings. The second kappa shape index (κ2) is 7.25. The van der Waals surface area contributed by atoms with Gasteiger partial charge < -0.3 is 9.47 Å². The fraction of sp³-hybridized carbons (Fsp3) is 0.438. The van der Waals surface area contributed by atoms with Crippen molar-refractivity contribution in [1.29, 1.82) is 0 Å². The number of hydrogen-bond donors (Lipinski definition) is 2. The molecule has 0 saturated carbocycles. The third-order valence-electron chi connectivity index (χ3n) is 3.72. The van der Waals surface area contributed by atoms with Crippen LogP contribution in [-0.4, -0.2) is 41.6 Å². The molecular formula is C16H23NO5S. The average Bonchev–Trinajstić information content (AvgIpc) is 2.53. The van der Waals surface area contributed by atoms with E-state index in [0.29, 0.717) is 34.9 Å². The molecule has 0 atom stereocenters. The lowest BCUT2D eigenvalue weighted by atomic mass is 10.1. The Hall–Kier alpha value is -1.70. The molecule has 128 valence electrons. The molecule has 0 aromatic heterocycles. The number of benzene rings is 1. The van der Waals surface area contributed by atoms with Crippen molar-refractivity contribution in [1.82, 2.24) is 0 Å². The van der Waals surface area contributed by atoms with E-state index in [0.717, 1.165) is 12.8 Å². The highest BCUT2D eigenvalue weighted by Gasteiger charge is 2.30. The van der Waals surface area contributed by atoms with Crippen molar-refractivity contribution < 1.29 is 23.4 Å². The summed E-state index contributed by atoms with van der Waals surface area (Å²) < 4.78 is 32.6. The Bertz CT molecular complexity index is 615. The normalized spacial score (nSPS) is 18.7. The van der Waals surface area contributed by atoms with Crippen molar-refractivity contribution in [3.05, 3.63) is 29.3 Å². The summed E-state index contributed by atoms with van der Waals surface area (Å²) in [6, 6.07) is 3.26. The number of anilines is 1. The summed E-state index contributed by atoms with van der Waals surface area (Å²) in [5.41, 5.74) is 1.54. The largest absolute Gasteiger partial charge is 0.494 e. The van der Waals surface area contributed by atoms with Crippen LogP contribution in [-0.2, 0) is 4.74 Å². The summed E-state index contributed by atoms with van der Waals surface area (Å²) in [7, 11) is -0.0702. The van der Waals surface area contributed by atoms with Gasteiger partial charge in [-0.3, -0.25) is 13.4 Å². The molecule has 6 nitrogen and oxygen atoms in total. The smallest absolute Gasteiger partial charge is 0.337 e. The Morgan fingerprint density at radius 1 is 1.30 bits per heavy atom. The molecule has 0 unspecified atom stereocenters. The number of rotatable bonds is 4. The second-order valence-corrected chi connectivity index (χ2v) is 7.37. The summed E-state index contributed by atoms with van der Waals surface area (Å²) in [6.45, 7) is 2.36. The average molecular weight is 341 g/mol. The van der Waals surface area contributed by atoms with Crippen LogP contribution in [0.15, 0.2) is 18.2 Å². The molecule has 1 saturated heterocycles. The molecule has 1 aliphatic rings. The molecule has 0 aliphatic carbocycles. The highest BCUT2D eigenvalue weighted by Crippen LogP contribution is 2.52. The van der Waals surface area contributed by atoms with Gasteiger partial charge in [0.1, 0.15) is 5.69 Å². The summed E-state index contributed by atoms with van der Waals surface area (Å²) in [4.78, 5) is 11.9. The molecule has 0 bridgehead atoms. The molecule has 1 aromatic carbocycles. The first-order valence-corrected chi connectivity index (χ1v) is 9.08. The molecular weight excluding hydrogens is 318 g/mol. The maximum Gasteiger partial charge on any atom is 0.337 e. The maximum absolute atomic E-state index is 11.9. The van der Waals surface area contributed by atoms with E-state index in [1.165, 1.54) is 14.2 Å². The van der Waals surface area contributed by atoms with Gasteiger partial charge in [-0.15, -0.1) is 10.8 Å². The van der Waals surface area contributed by atoms with E-state index in [1.807, 2.05) is 19.1 Å². The van der Waals surface area contributed by atoms with E-state index in [9.17, 15) is 13.9 Å². The molecule has 0 amide bonds. The lowest BCUT2D eigenvalue weighted by Gasteiger charge is -2.47. The summed E-state index contributed by atoms with van der Waals surface area (Å²) in [5, 5.41) is 0. The van der Waals surface area contributed by atoms with Crippen molar-refractivity contribution in [3.8, 4) is 5.75 Å². The molecule has 7 heteroatoms. The molecule has 0 radical (unpaired) electrons. The van der Waals surface area contributed by atoms with Crippen molar-refractivity contribution in [3.63, 3.8) is 0 Å². The SMILES string of the molecule is C/C=C/c1cc(C(=O)OC)cc(N2CCCCS2(O)O)c1OC. The number of allylic oxidation sites excluding steroid dienone is 1. The van der Waals surface area contributed by atoms with Crippen molar-refractivity contribution >= 4 is 28.5 Å². The fourth-order valence-corrected chi connectivity index (χ4v) is 4.35. The molecule has 1 heterocycles. The lowest BCUT2D eigenvalue weighted by molar-refractivity contribution is 0.0600. The monoisotopic (exact) mass is 341 g/mol. The van der Waals surface area contributed by atoms with E-state index in [2.05, 4.69) is 0 Å². The van der Waals surface area contributed by atoms with Gasteiger partial charge in [-0.2, -0.15) is 0 Å². The number of carbonyl (C=O) groups is 1. The molecule has 2 rings (SSSR count). The molecule has 2 N–H and O–H groups in total. The third-order valence-corrected chi connectivity index (χ3v) is 5.64. The van der Waals surface area contributed by atoms with Gasteiger partial charge in [0.15, 0.2) is 5.75 Å². The van der Waals surface area contributed by atoms with Crippen LogP contribution in [0.4, 0.5) is 5.69 Å². The Kier molecular flexibility index (Phi) is 5.56. The van der Waals surface area contributed by atoms with Crippen LogP contribution in [0.1, 0.15) is 35.7 Å². The van der Waals surface area contributed by atoms with Gasteiger partial charge in [-0.25, -0.2) is 4.79 Å². The quantitative estimate of drug-likeness (QED) is 0.811. The van der Waals surface area contributed by atoms with E-state index in [-0.39, 0.29) is 0 Å². The van der Waals surface area contributed by atoms with Gasteiger partial charge in [0.05, 0.1) is 25.5 Å². The first-order chi connectivity index (χ1) is 10.9. The summed E-state index contributed by atoms with van der Waals surface area (Å²) in [5.74, 6) is 0.350. The highest BCUT2D eigenvalue weighted by atomic mass is 32.3. The molecule has 1 aliphatic heterocycles. The van der Waals surface area contributed by atoms with Crippen molar-refractivity contribution in [2.45, 2.75) is 19.8 Å². The lowest BCUT2D eigenvalue weighted by Crippen LogP contribution is -2.34. The van der Waals surface area contributed by atoms with E-state index in [1.54, 1.807) is 16.4 Å². The third kappa shape index (κ3) is 3.63. The van der Waals surface area contributed by atoms with Gasteiger partial charge in [-0.05, 0) is 31.9 Å². The number of methoxy groups -OCH3 is 2. The van der Waals surface area contributed by atoms with Crippen LogP contribution in [0.5, 0.6) is 5.75 Å². The minimum atomic E-state index is -2.91. The standard InChI is InChI=1S/C16H23NO5S/c1-4-7-12-10-13(16(18)22-3)11-14(15(12)21-2)17-8-5-6-9-23(17,19)20/h4,7,10-11,19-20H,5-6,8-9H2,1-3H3/b7-4+. The van der Waals surface area contributed by atoms with Crippen LogP contribution < -0.4 is 9.04 Å². The summed E-state index contributed by atoms with van der Waals surface area (Å²) in [6.07, 6.45) is 5.25. The zero-order chi connectivity index (χ0) is 17.0. The zero-order valence-corrected chi connectivity index (χ0v) is 14.4. The van der Waals surface area contributed by atoms with Crippen LogP contribution in [0.3, 0.4) is 0 Å². The fourth-order valence-electron chi connectivity index (χ4n) is 2.67. The Balaban J connectivity index is 2.63. The molecule has 1 fully saturated rings. The van der Waals surface area contributed by atoms with Crippen LogP contribution in [0, 0.1) is 0 Å². The van der Waals surface area contributed by atoms with Gasteiger partial charge in [-0.1, -0.05) is 12.2 Å². The number of nitrogens with zero attached hydrogens (tertiary/aromatic N) is 1. The topological polar surface area (TPSA) is 79.2 Å². The Labute approximate surface area is 138 Å². The number of carbonyl (C=O) groups excluding carboxylic acids is 1. The Morgan fingerprint density at radius 2 is 2.04 bits per heavy atom. The van der Waals surface area contributed by atoms with Gasteiger partial charge in [0.25, 0.3) is 0 Å². The predicted molar refractivity (Wildman–Crippen MR) is 93.3 cm³/mol. The van der Waals surface area contributed by atoms with Gasteiger partial charge in [0, 0.05) is 12.1 Å². The molecule has 23 heavy (non-hydrogen) atoms. The minimum absolute atomic E-state index is 0.317. The number of hydrogen-bond acceptors (Lipinski definition) is 6. The predicted octanol–water partition coefficient (Wildman–Crippen LogP) is 3.78. The minimum Gasteiger partial charge on any atom is -0.494 e. The Morgan fingerprint density at radius 3 is 2.61 bits per heavy atom. The summed E-state index contributed by atoms with van der Waals surface area (Å²) >= 11 is 0. The van der Waals surface area contributed by atoms with E-state index in [4.69, 9.17) is 9.47 Å². The van der Waals surface area contributed by atoms with Crippen LogP contribution >= 0.6 is 10.8 Å². The second-order valence-electron chi connectivity index (χ2n) is 5.26. The van der Waals surface area contributed by atoms with Crippen molar-refractivity contribution in [2.75, 3.05) is 30.8 Å². The first kappa shape index (κ1) is 17.7. The van der Waals surface area contributed by atoms with E-state index >= 15 is 0 Å². The van der Waals surface area contributed by atoms with Crippen LogP contribution in [0.2, 0.25) is 0 Å². The van der Waals surface area contributed by atoms with Crippen molar-refractivity contribution in [2.24, 2.45) is 0 Å². The first-order valence-electron chi connectivity index (χ1n) is 7.41. The maximum atomic E-state index is 11.9. The molecule has 0 spiro atoms. The van der Waals surface area contributed by atoms with Gasteiger partial charge >= 0.3 is 5.97 Å². The highest BCUT2D eigenvalue weighted by molar-refractivity contribution is 8.25. The van der Waals surface area contributed by atoms with Gasteiger partial charge in [0.2, 0.25) is 0 Å².